The molecule has 0 spiro atoms. The zero-order valence-corrected chi connectivity index (χ0v) is 12.1. The molecule has 4 saturated carbocycles. The smallest absolute Gasteiger partial charge is 0.325 e. The molecule has 0 aliphatic heterocycles. The van der Waals surface area contributed by atoms with E-state index in [4.69, 9.17) is 4.74 Å². The van der Waals surface area contributed by atoms with E-state index < -0.39 is 0 Å². The Kier molecular flexibility index (Phi) is 3.85. The number of urea groups is 1. The Hall–Kier alpha value is -1.26. The molecule has 5 heteroatoms. The summed E-state index contributed by atoms with van der Waals surface area (Å²) in [6.45, 7) is 2.05. The van der Waals surface area contributed by atoms with Gasteiger partial charge in [-0.25, -0.2) is 4.79 Å². The van der Waals surface area contributed by atoms with E-state index in [0.717, 1.165) is 11.8 Å². The van der Waals surface area contributed by atoms with E-state index in [0.29, 0.717) is 24.5 Å². The van der Waals surface area contributed by atoms with Crippen molar-refractivity contribution in [3.8, 4) is 0 Å². The van der Waals surface area contributed by atoms with Crippen LogP contribution in [0.2, 0.25) is 0 Å². The molecule has 0 radical (unpaired) electrons. The Balaban J connectivity index is 1.48. The minimum atomic E-state index is -0.382. The highest BCUT2D eigenvalue weighted by Crippen LogP contribution is 2.53. The van der Waals surface area contributed by atoms with Crippen molar-refractivity contribution in [3.63, 3.8) is 0 Å². The number of carbonyl (C=O) groups is 2. The average Bonchev–Trinajstić information content (AvgIpc) is 2.40. The number of hydrogen-bond donors (Lipinski definition) is 2. The Labute approximate surface area is 119 Å². The van der Waals surface area contributed by atoms with Crippen molar-refractivity contribution in [2.75, 3.05) is 13.2 Å². The molecule has 20 heavy (non-hydrogen) atoms. The van der Waals surface area contributed by atoms with Crippen LogP contribution < -0.4 is 10.6 Å². The Morgan fingerprint density at radius 1 is 1.05 bits per heavy atom. The molecular formula is C15H24N2O3. The van der Waals surface area contributed by atoms with Crippen molar-refractivity contribution in [2.45, 2.75) is 45.1 Å². The lowest BCUT2D eigenvalue weighted by molar-refractivity contribution is -0.141. The fourth-order valence-corrected chi connectivity index (χ4v) is 4.73. The predicted octanol–water partition coefficient (Wildman–Crippen LogP) is 1.67. The van der Waals surface area contributed by atoms with E-state index in [9.17, 15) is 9.59 Å². The van der Waals surface area contributed by atoms with Crippen LogP contribution in [0.1, 0.15) is 39.0 Å². The molecule has 4 rings (SSSR count). The monoisotopic (exact) mass is 280 g/mol. The lowest BCUT2D eigenvalue weighted by atomic mass is 9.54. The first-order valence-corrected chi connectivity index (χ1v) is 7.85. The molecule has 4 aliphatic rings. The van der Waals surface area contributed by atoms with Gasteiger partial charge in [0.1, 0.15) is 6.54 Å². The normalized spacial score (nSPS) is 37.5. The predicted molar refractivity (Wildman–Crippen MR) is 74.0 cm³/mol. The maximum Gasteiger partial charge on any atom is 0.325 e. The average molecular weight is 280 g/mol. The van der Waals surface area contributed by atoms with Crippen molar-refractivity contribution in [2.24, 2.45) is 23.7 Å². The molecule has 0 atom stereocenters. The van der Waals surface area contributed by atoms with Crippen LogP contribution in [0.15, 0.2) is 0 Å². The molecular weight excluding hydrogens is 256 g/mol. The first kappa shape index (κ1) is 13.7. The third-order valence-corrected chi connectivity index (χ3v) is 5.22. The molecule has 0 heterocycles. The fraction of sp³-hybridized carbons (Fsp3) is 0.867. The van der Waals surface area contributed by atoms with E-state index in [2.05, 4.69) is 10.6 Å². The fourth-order valence-electron chi connectivity index (χ4n) is 4.73. The molecule has 2 amide bonds. The summed E-state index contributed by atoms with van der Waals surface area (Å²) in [7, 11) is 0. The van der Waals surface area contributed by atoms with Gasteiger partial charge in [-0.3, -0.25) is 4.79 Å². The second-order valence-corrected chi connectivity index (χ2v) is 6.59. The van der Waals surface area contributed by atoms with E-state index >= 15 is 0 Å². The molecule has 2 N–H and O–H groups in total. The van der Waals surface area contributed by atoms with Crippen LogP contribution in [0.5, 0.6) is 0 Å². The van der Waals surface area contributed by atoms with Gasteiger partial charge in [-0.2, -0.15) is 0 Å². The largest absolute Gasteiger partial charge is 0.465 e. The molecule has 0 saturated heterocycles. The summed E-state index contributed by atoms with van der Waals surface area (Å²) in [4.78, 5) is 23.1. The van der Waals surface area contributed by atoms with Crippen LogP contribution in [0.4, 0.5) is 4.79 Å². The first-order chi connectivity index (χ1) is 9.65. The third-order valence-electron chi connectivity index (χ3n) is 5.22. The Morgan fingerprint density at radius 3 is 2.20 bits per heavy atom. The molecule has 112 valence electrons. The summed E-state index contributed by atoms with van der Waals surface area (Å²) < 4.78 is 4.80. The highest BCUT2D eigenvalue weighted by molar-refractivity contribution is 5.80. The number of esters is 1. The van der Waals surface area contributed by atoms with Gasteiger partial charge >= 0.3 is 12.0 Å². The summed E-state index contributed by atoms with van der Waals surface area (Å²) in [5, 5.41) is 5.70. The van der Waals surface area contributed by atoms with Crippen LogP contribution in [-0.2, 0) is 9.53 Å². The van der Waals surface area contributed by atoms with Crippen molar-refractivity contribution in [1.29, 1.82) is 0 Å². The molecule has 0 aromatic rings. The lowest BCUT2D eigenvalue weighted by Gasteiger charge is -2.54. The van der Waals surface area contributed by atoms with Gasteiger partial charge in [-0.15, -0.1) is 0 Å². The summed E-state index contributed by atoms with van der Waals surface area (Å²) >= 11 is 0. The second kappa shape index (κ2) is 5.62. The maximum atomic E-state index is 11.9. The number of nitrogens with one attached hydrogen (secondary N) is 2. The SMILES string of the molecule is CCOC(=O)CNC(=O)NC1C2CC3CC(C2)CC1C3. The highest BCUT2D eigenvalue weighted by atomic mass is 16.5. The number of ether oxygens (including phenoxy) is 1. The minimum Gasteiger partial charge on any atom is -0.465 e. The number of hydrogen-bond acceptors (Lipinski definition) is 3. The molecule has 4 aliphatic carbocycles. The van der Waals surface area contributed by atoms with Crippen LogP contribution in [0, 0.1) is 23.7 Å². The standard InChI is InChI=1S/C15H24N2O3/c1-2-20-13(18)8-16-15(19)17-14-11-4-9-3-10(6-11)7-12(14)5-9/h9-12,14H,2-8H2,1H3,(H2,16,17,19). The van der Waals surface area contributed by atoms with E-state index in [1.165, 1.54) is 32.1 Å². The Bertz CT molecular complexity index is 369. The van der Waals surface area contributed by atoms with Gasteiger partial charge in [0.25, 0.3) is 0 Å². The topological polar surface area (TPSA) is 67.4 Å². The maximum absolute atomic E-state index is 11.9. The first-order valence-electron chi connectivity index (χ1n) is 7.85. The van der Waals surface area contributed by atoms with Gasteiger partial charge in [0.15, 0.2) is 0 Å². The van der Waals surface area contributed by atoms with Crippen molar-refractivity contribution >= 4 is 12.0 Å². The van der Waals surface area contributed by atoms with E-state index in [1.54, 1.807) is 6.92 Å². The number of amides is 2. The van der Waals surface area contributed by atoms with Crippen molar-refractivity contribution in [3.05, 3.63) is 0 Å². The molecule has 4 fully saturated rings. The number of carbonyl (C=O) groups excluding carboxylic acids is 2. The van der Waals surface area contributed by atoms with Crippen LogP contribution in [0.3, 0.4) is 0 Å². The van der Waals surface area contributed by atoms with Crippen LogP contribution in [0.25, 0.3) is 0 Å². The van der Waals surface area contributed by atoms with Crippen LogP contribution >= 0.6 is 0 Å². The second-order valence-electron chi connectivity index (χ2n) is 6.59. The minimum absolute atomic E-state index is 0.0486. The van der Waals surface area contributed by atoms with Crippen molar-refractivity contribution < 1.29 is 14.3 Å². The zero-order valence-electron chi connectivity index (χ0n) is 12.1. The molecule has 0 unspecified atom stereocenters. The lowest BCUT2D eigenvalue weighted by Crippen LogP contribution is -2.57. The molecule has 5 nitrogen and oxygen atoms in total. The van der Waals surface area contributed by atoms with Crippen LogP contribution in [-0.4, -0.2) is 31.2 Å². The van der Waals surface area contributed by atoms with Gasteiger partial charge in [0.2, 0.25) is 0 Å². The quantitative estimate of drug-likeness (QED) is 0.770. The number of rotatable bonds is 4. The summed E-state index contributed by atoms with van der Waals surface area (Å²) in [6.07, 6.45) is 6.51. The van der Waals surface area contributed by atoms with Gasteiger partial charge in [-0.05, 0) is 62.7 Å². The zero-order chi connectivity index (χ0) is 14.1. The van der Waals surface area contributed by atoms with Gasteiger partial charge in [-0.1, -0.05) is 0 Å². The summed E-state index contributed by atoms with van der Waals surface area (Å²) in [5.74, 6) is 2.73. The van der Waals surface area contributed by atoms with Crippen molar-refractivity contribution in [1.82, 2.24) is 10.6 Å². The highest BCUT2D eigenvalue weighted by Gasteiger charge is 2.48. The summed E-state index contributed by atoms with van der Waals surface area (Å²) in [5.41, 5.74) is 0. The molecule has 4 bridgehead atoms. The molecule has 0 aromatic carbocycles. The molecule has 0 aromatic heterocycles. The Morgan fingerprint density at radius 2 is 1.65 bits per heavy atom. The van der Waals surface area contributed by atoms with E-state index in [1.807, 2.05) is 0 Å². The third kappa shape index (κ3) is 2.76. The van der Waals surface area contributed by atoms with Gasteiger partial charge in [0, 0.05) is 6.04 Å². The van der Waals surface area contributed by atoms with Gasteiger partial charge < -0.3 is 15.4 Å². The van der Waals surface area contributed by atoms with Gasteiger partial charge in [0.05, 0.1) is 6.61 Å². The van der Waals surface area contributed by atoms with E-state index in [-0.39, 0.29) is 18.5 Å². The summed E-state index contributed by atoms with van der Waals surface area (Å²) in [6, 6.07) is 0.0838.